The molecule has 2 aromatic heterocycles. The molecule has 0 radical (unpaired) electrons. The van der Waals surface area contributed by atoms with Gasteiger partial charge in [-0.05, 0) is 18.6 Å². The van der Waals surface area contributed by atoms with Gasteiger partial charge in [-0.15, -0.1) is 0 Å². The third-order valence-corrected chi connectivity index (χ3v) is 2.27. The lowest BCUT2D eigenvalue weighted by Crippen LogP contribution is -2.13. The second kappa shape index (κ2) is 3.80. The van der Waals surface area contributed by atoms with Gasteiger partial charge in [-0.1, -0.05) is 0 Å². The Morgan fingerprint density at radius 2 is 2.38 bits per heavy atom. The number of aryl methyl sites for hydroxylation is 1. The molecule has 0 aliphatic rings. The molecule has 16 heavy (non-hydrogen) atoms. The number of pyridine rings is 1. The van der Waals surface area contributed by atoms with Gasteiger partial charge in [-0.25, -0.2) is 9.97 Å². The van der Waals surface area contributed by atoms with E-state index in [-0.39, 0.29) is 18.5 Å². The first-order valence-electron chi connectivity index (χ1n) is 4.77. The summed E-state index contributed by atoms with van der Waals surface area (Å²) >= 11 is 0. The van der Waals surface area contributed by atoms with E-state index in [4.69, 9.17) is 5.73 Å². The lowest BCUT2D eigenvalue weighted by Gasteiger charge is -2.03. The van der Waals surface area contributed by atoms with E-state index in [9.17, 15) is 4.79 Å². The molecule has 6 nitrogen and oxygen atoms in total. The van der Waals surface area contributed by atoms with Gasteiger partial charge in [0.2, 0.25) is 5.95 Å². The highest BCUT2D eigenvalue weighted by Gasteiger charge is 2.12. The number of aromatic nitrogens is 3. The van der Waals surface area contributed by atoms with Crippen LogP contribution in [0.1, 0.15) is 5.56 Å². The standard InChI is InChI=1S/C10H12N4O2/c1-6-3-7-9(12-4-6)14(10(11)13-7)5-8(15)16-2/h3-4H,5H2,1-2H3,(H2,11,13). The van der Waals surface area contributed by atoms with Crippen LogP contribution >= 0.6 is 0 Å². The maximum absolute atomic E-state index is 11.2. The fraction of sp³-hybridized carbons (Fsp3) is 0.300. The predicted molar refractivity (Wildman–Crippen MR) is 58.7 cm³/mol. The molecule has 2 rings (SSSR count). The van der Waals surface area contributed by atoms with Gasteiger partial charge in [-0.2, -0.15) is 0 Å². The zero-order chi connectivity index (χ0) is 11.7. The third-order valence-electron chi connectivity index (χ3n) is 2.27. The molecule has 2 aromatic rings. The van der Waals surface area contributed by atoms with Crippen LogP contribution in [0.25, 0.3) is 11.2 Å². The SMILES string of the molecule is COC(=O)Cn1c(N)nc2cc(C)cnc21. The zero-order valence-electron chi connectivity index (χ0n) is 9.10. The van der Waals surface area contributed by atoms with E-state index < -0.39 is 0 Å². The molecule has 0 amide bonds. The van der Waals surface area contributed by atoms with Crippen LogP contribution < -0.4 is 5.73 Å². The zero-order valence-corrected chi connectivity index (χ0v) is 9.10. The number of methoxy groups -OCH3 is 1. The van der Waals surface area contributed by atoms with Crippen LogP contribution in [-0.4, -0.2) is 27.6 Å². The smallest absolute Gasteiger partial charge is 0.325 e. The topological polar surface area (TPSA) is 83.0 Å². The van der Waals surface area contributed by atoms with Gasteiger partial charge in [0.15, 0.2) is 5.65 Å². The van der Waals surface area contributed by atoms with Crippen LogP contribution in [0.4, 0.5) is 5.95 Å². The largest absolute Gasteiger partial charge is 0.468 e. The lowest BCUT2D eigenvalue weighted by atomic mass is 10.3. The number of nitrogens with two attached hydrogens (primary N) is 1. The Morgan fingerprint density at radius 3 is 3.06 bits per heavy atom. The molecule has 0 saturated heterocycles. The number of carbonyl (C=O) groups excluding carboxylic acids is 1. The fourth-order valence-electron chi connectivity index (χ4n) is 1.48. The van der Waals surface area contributed by atoms with E-state index in [0.29, 0.717) is 11.2 Å². The number of fused-ring (bicyclic) bond motifs is 1. The van der Waals surface area contributed by atoms with Gasteiger partial charge in [-0.3, -0.25) is 9.36 Å². The molecule has 0 aliphatic heterocycles. The van der Waals surface area contributed by atoms with Crippen LogP contribution in [-0.2, 0) is 16.1 Å². The molecular weight excluding hydrogens is 208 g/mol. The molecule has 0 saturated carbocycles. The first kappa shape index (κ1) is 10.4. The maximum atomic E-state index is 11.2. The Kier molecular flexibility index (Phi) is 2.47. The van der Waals surface area contributed by atoms with E-state index in [1.165, 1.54) is 11.7 Å². The van der Waals surface area contributed by atoms with Gasteiger partial charge < -0.3 is 10.5 Å². The van der Waals surface area contributed by atoms with E-state index in [1.54, 1.807) is 6.20 Å². The van der Waals surface area contributed by atoms with Crippen LogP contribution in [0.3, 0.4) is 0 Å². The summed E-state index contributed by atoms with van der Waals surface area (Å²) in [6, 6.07) is 1.87. The Balaban J connectivity index is 2.52. The molecule has 0 spiro atoms. The van der Waals surface area contributed by atoms with Crippen molar-refractivity contribution in [1.82, 2.24) is 14.5 Å². The van der Waals surface area contributed by atoms with E-state index in [0.717, 1.165) is 5.56 Å². The number of ether oxygens (including phenoxy) is 1. The highest BCUT2D eigenvalue weighted by atomic mass is 16.5. The quantitative estimate of drug-likeness (QED) is 0.745. The average molecular weight is 220 g/mol. The molecule has 6 heteroatoms. The minimum Gasteiger partial charge on any atom is -0.468 e. The minimum atomic E-state index is -0.381. The first-order chi connectivity index (χ1) is 7.61. The Morgan fingerprint density at radius 1 is 1.62 bits per heavy atom. The predicted octanol–water partition coefficient (Wildman–Crippen LogP) is 0.495. The summed E-state index contributed by atoms with van der Waals surface area (Å²) in [5.74, 6) is -0.119. The molecular formula is C10H12N4O2. The highest BCUT2D eigenvalue weighted by molar-refractivity contribution is 5.78. The summed E-state index contributed by atoms with van der Waals surface area (Å²) in [7, 11) is 1.33. The van der Waals surface area contributed by atoms with Crippen LogP contribution in [0.2, 0.25) is 0 Å². The second-order valence-corrected chi connectivity index (χ2v) is 3.49. The lowest BCUT2D eigenvalue weighted by molar-refractivity contribution is -0.141. The maximum Gasteiger partial charge on any atom is 0.325 e. The van der Waals surface area contributed by atoms with Crippen molar-refractivity contribution in [3.8, 4) is 0 Å². The molecule has 0 unspecified atom stereocenters. The molecule has 0 aliphatic carbocycles. The molecule has 0 bridgehead atoms. The Labute approximate surface area is 92.0 Å². The fourth-order valence-corrected chi connectivity index (χ4v) is 1.48. The van der Waals surface area contributed by atoms with E-state index in [2.05, 4.69) is 14.7 Å². The van der Waals surface area contributed by atoms with Crippen LogP contribution in [0.15, 0.2) is 12.3 Å². The summed E-state index contributed by atoms with van der Waals surface area (Å²) in [6.07, 6.45) is 1.71. The van der Waals surface area contributed by atoms with Gasteiger partial charge in [0.25, 0.3) is 0 Å². The normalized spacial score (nSPS) is 10.6. The molecule has 0 aromatic carbocycles. The van der Waals surface area contributed by atoms with Crippen molar-refractivity contribution in [2.45, 2.75) is 13.5 Å². The minimum absolute atomic E-state index is 0.0227. The molecule has 2 N–H and O–H groups in total. The van der Waals surface area contributed by atoms with Gasteiger partial charge in [0, 0.05) is 6.20 Å². The Hall–Kier alpha value is -2.11. The average Bonchev–Trinajstić information content (AvgIpc) is 2.54. The van der Waals surface area contributed by atoms with Crippen molar-refractivity contribution in [3.63, 3.8) is 0 Å². The number of hydrogen-bond donors (Lipinski definition) is 1. The van der Waals surface area contributed by atoms with Crippen molar-refractivity contribution in [2.75, 3.05) is 12.8 Å². The monoisotopic (exact) mass is 220 g/mol. The first-order valence-corrected chi connectivity index (χ1v) is 4.77. The third kappa shape index (κ3) is 1.69. The number of nitrogens with zero attached hydrogens (tertiary/aromatic N) is 3. The van der Waals surface area contributed by atoms with Crippen molar-refractivity contribution >= 4 is 23.1 Å². The molecule has 2 heterocycles. The van der Waals surface area contributed by atoms with Crippen molar-refractivity contribution < 1.29 is 9.53 Å². The van der Waals surface area contributed by atoms with Crippen molar-refractivity contribution in [3.05, 3.63) is 17.8 Å². The molecule has 0 atom stereocenters. The van der Waals surface area contributed by atoms with Crippen molar-refractivity contribution in [2.24, 2.45) is 0 Å². The molecule has 84 valence electrons. The van der Waals surface area contributed by atoms with Gasteiger partial charge in [0.05, 0.1) is 7.11 Å². The van der Waals surface area contributed by atoms with Crippen LogP contribution in [0.5, 0.6) is 0 Å². The van der Waals surface area contributed by atoms with Gasteiger partial charge >= 0.3 is 5.97 Å². The number of hydrogen-bond acceptors (Lipinski definition) is 5. The number of anilines is 1. The Bertz CT molecular complexity index is 547. The van der Waals surface area contributed by atoms with E-state index >= 15 is 0 Å². The van der Waals surface area contributed by atoms with Crippen molar-refractivity contribution in [1.29, 1.82) is 0 Å². The number of nitrogen functional groups attached to an aromatic ring is 1. The summed E-state index contributed by atoms with van der Waals surface area (Å²) < 4.78 is 6.11. The number of esters is 1. The summed E-state index contributed by atoms with van der Waals surface area (Å²) in [5, 5.41) is 0. The van der Waals surface area contributed by atoms with E-state index in [1.807, 2.05) is 13.0 Å². The highest BCUT2D eigenvalue weighted by Crippen LogP contribution is 2.16. The number of carbonyl (C=O) groups is 1. The summed E-state index contributed by atoms with van der Waals surface area (Å²) in [4.78, 5) is 19.5. The molecule has 0 fully saturated rings. The van der Waals surface area contributed by atoms with Crippen LogP contribution in [0, 0.1) is 6.92 Å². The summed E-state index contributed by atoms with van der Waals surface area (Å²) in [5.41, 5.74) is 7.98. The second-order valence-electron chi connectivity index (χ2n) is 3.49. The number of imidazole rings is 1. The van der Waals surface area contributed by atoms with Gasteiger partial charge in [0.1, 0.15) is 12.1 Å². The summed E-state index contributed by atoms with van der Waals surface area (Å²) in [6.45, 7) is 1.94. The number of rotatable bonds is 2.